The van der Waals surface area contributed by atoms with Gasteiger partial charge in [-0.05, 0) is 31.2 Å². The first-order chi connectivity index (χ1) is 8.61. The summed E-state index contributed by atoms with van der Waals surface area (Å²) in [5, 5.41) is 15.8. The number of carbonyl (C=O) groups is 1. The van der Waals surface area contributed by atoms with E-state index in [1.165, 1.54) is 6.07 Å². The molecule has 2 aromatic rings. The zero-order valence-corrected chi connectivity index (χ0v) is 10.4. The molecule has 94 valence electrons. The number of nitrogens with zero attached hydrogens (tertiary/aromatic N) is 1. The van der Waals surface area contributed by atoms with Crippen LogP contribution < -0.4 is 4.74 Å². The van der Waals surface area contributed by atoms with E-state index >= 15 is 0 Å². The van der Waals surface area contributed by atoms with Crippen molar-refractivity contribution in [2.24, 2.45) is 0 Å². The minimum absolute atomic E-state index is 0.0208. The van der Waals surface area contributed by atoms with Crippen molar-refractivity contribution < 1.29 is 14.6 Å². The molecule has 2 N–H and O–H groups in total. The highest BCUT2D eigenvalue weighted by Crippen LogP contribution is 2.31. The van der Waals surface area contributed by atoms with Crippen molar-refractivity contribution >= 4 is 17.6 Å². The van der Waals surface area contributed by atoms with Gasteiger partial charge in [0.05, 0.1) is 12.3 Å². The molecule has 0 aliphatic heterocycles. The van der Waals surface area contributed by atoms with Crippen LogP contribution in [0.1, 0.15) is 17.4 Å². The largest absolute Gasteiger partial charge is 0.493 e. The summed E-state index contributed by atoms with van der Waals surface area (Å²) in [6, 6.07) is 6.57. The van der Waals surface area contributed by atoms with E-state index in [9.17, 15) is 4.79 Å². The van der Waals surface area contributed by atoms with Gasteiger partial charge in [0.15, 0.2) is 0 Å². The molecule has 1 aromatic carbocycles. The zero-order chi connectivity index (χ0) is 13.1. The van der Waals surface area contributed by atoms with E-state index in [1.807, 2.05) is 6.92 Å². The Hall–Kier alpha value is -2.01. The summed E-state index contributed by atoms with van der Waals surface area (Å²) in [7, 11) is 0. The number of hydrogen-bond donors (Lipinski definition) is 2. The zero-order valence-electron chi connectivity index (χ0n) is 9.61. The van der Waals surface area contributed by atoms with E-state index in [0.717, 1.165) is 0 Å². The molecular formula is C12H11ClN2O3. The molecule has 0 fully saturated rings. The SMILES string of the molecule is CCOc1ccc(Cl)cc1-c1cc(C(=O)O)[nH]n1. The Morgan fingerprint density at radius 2 is 2.28 bits per heavy atom. The van der Waals surface area contributed by atoms with Crippen molar-refractivity contribution in [2.45, 2.75) is 6.92 Å². The summed E-state index contributed by atoms with van der Waals surface area (Å²) in [4.78, 5) is 10.8. The monoisotopic (exact) mass is 266 g/mol. The van der Waals surface area contributed by atoms with Gasteiger partial charge in [-0.3, -0.25) is 5.10 Å². The van der Waals surface area contributed by atoms with Crippen molar-refractivity contribution in [2.75, 3.05) is 6.61 Å². The first kappa shape index (κ1) is 12.4. The average Bonchev–Trinajstić information content (AvgIpc) is 2.81. The topological polar surface area (TPSA) is 75.2 Å². The minimum Gasteiger partial charge on any atom is -0.493 e. The predicted octanol–water partition coefficient (Wildman–Crippen LogP) is 2.83. The van der Waals surface area contributed by atoms with Crippen molar-refractivity contribution in [3.63, 3.8) is 0 Å². The molecule has 0 aliphatic carbocycles. The highest BCUT2D eigenvalue weighted by atomic mass is 35.5. The molecular weight excluding hydrogens is 256 g/mol. The van der Waals surface area contributed by atoms with Crippen LogP contribution in [0.2, 0.25) is 5.02 Å². The number of hydrogen-bond acceptors (Lipinski definition) is 3. The van der Waals surface area contributed by atoms with Gasteiger partial charge in [-0.2, -0.15) is 5.10 Å². The number of benzene rings is 1. The second-order valence-electron chi connectivity index (χ2n) is 3.55. The molecule has 0 saturated carbocycles. The standard InChI is InChI=1S/C12H11ClN2O3/c1-2-18-11-4-3-7(13)5-8(11)9-6-10(12(16)17)15-14-9/h3-6H,2H2,1H3,(H,14,15)(H,16,17). The fraction of sp³-hybridized carbons (Fsp3) is 0.167. The van der Waals surface area contributed by atoms with Crippen LogP contribution in [0, 0.1) is 0 Å². The van der Waals surface area contributed by atoms with Gasteiger partial charge in [-0.15, -0.1) is 0 Å². The number of aromatic nitrogens is 2. The van der Waals surface area contributed by atoms with Gasteiger partial charge in [0.25, 0.3) is 0 Å². The van der Waals surface area contributed by atoms with E-state index < -0.39 is 5.97 Å². The van der Waals surface area contributed by atoms with E-state index in [0.29, 0.717) is 28.6 Å². The maximum atomic E-state index is 10.8. The molecule has 0 bridgehead atoms. The lowest BCUT2D eigenvalue weighted by molar-refractivity contribution is 0.0690. The highest BCUT2D eigenvalue weighted by molar-refractivity contribution is 6.31. The molecule has 0 spiro atoms. The van der Waals surface area contributed by atoms with Gasteiger partial charge < -0.3 is 9.84 Å². The normalized spacial score (nSPS) is 10.3. The maximum Gasteiger partial charge on any atom is 0.353 e. The van der Waals surface area contributed by atoms with Crippen LogP contribution in [0.25, 0.3) is 11.3 Å². The fourth-order valence-electron chi connectivity index (χ4n) is 1.55. The summed E-state index contributed by atoms with van der Waals surface area (Å²) in [5.74, 6) is -0.445. The van der Waals surface area contributed by atoms with Gasteiger partial charge in [0.2, 0.25) is 0 Å². The van der Waals surface area contributed by atoms with Crippen LogP contribution in [-0.4, -0.2) is 27.9 Å². The number of halogens is 1. The molecule has 0 amide bonds. The number of H-pyrrole nitrogens is 1. The lowest BCUT2D eigenvalue weighted by Crippen LogP contribution is -1.95. The molecule has 18 heavy (non-hydrogen) atoms. The van der Waals surface area contributed by atoms with E-state index in [4.69, 9.17) is 21.4 Å². The third-order valence-corrected chi connectivity index (χ3v) is 2.56. The third-order valence-electron chi connectivity index (χ3n) is 2.33. The number of carboxylic acid groups (broad SMARTS) is 1. The van der Waals surface area contributed by atoms with Crippen molar-refractivity contribution in [1.82, 2.24) is 10.2 Å². The molecule has 6 heteroatoms. The van der Waals surface area contributed by atoms with Crippen LogP contribution in [0.5, 0.6) is 5.75 Å². The number of aromatic carboxylic acids is 1. The Labute approximate surface area is 108 Å². The number of nitrogens with one attached hydrogen (secondary N) is 1. The highest BCUT2D eigenvalue weighted by Gasteiger charge is 2.13. The summed E-state index contributed by atoms with van der Waals surface area (Å²) in [6.07, 6.45) is 0. The molecule has 1 aromatic heterocycles. The Bertz CT molecular complexity index is 580. The lowest BCUT2D eigenvalue weighted by Gasteiger charge is -2.08. The maximum absolute atomic E-state index is 10.8. The van der Waals surface area contributed by atoms with Crippen molar-refractivity contribution in [1.29, 1.82) is 0 Å². The third kappa shape index (κ3) is 2.46. The van der Waals surface area contributed by atoms with Gasteiger partial charge in [-0.1, -0.05) is 11.6 Å². The van der Waals surface area contributed by atoms with Crippen LogP contribution in [-0.2, 0) is 0 Å². The smallest absolute Gasteiger partial charge is 0.353 e. The summed E-state index contributed by atoms with van der Waals surface area (Å²) in [6.45, 7) is 2.37. The Morgan fingerprint density at radius 1 is 1.50 bits per heavy atom. The second-order valence-corrected chi connectivity index (χ2v) is 3.98. The second kappa shape index (κ2) is 5.10. The van der Waals surface area contributed by atoms with Crippen LogP contribution in [0.15, 0.2) is 24.3 Å². The summed E-state index contributed by atoms with van der Waals surface area (Å²) in [5.41, 5.74) is 1.17. The van der Waals surface area contributed by atoms with Crippen LogP contribution in [0.4, 0.5) is 0 Å². The molecule has 1 heterocycles. The van der Waals surface area contributed by atoms with Gasteiger partial charge in [0, 0.05) is 10.6 Å². The summed E-state index contributed by atoms with van der Waals surface area (Å²) < 4.78 is 5.46. The van der Waals surface area contributed by atoms with Crippen LogP contribution in [0.3, 0.4) is 0 Å². The molecule has 0 atom stereocenters. The quantitative estimate of drug-likeness (QED) is 0.892. The van der Waals surface area contributed by atoms with Gasteiger partial charge in [0.1, 0.15) is 11.4 Å². The minimum atomic E-state index is -1.06. The number of rotatable bonds is 4. The lowest BCUT2D eigenvalue weighted by atomic mass is 10.1. The molecule has 0 aliphatic rings. The first-order valence-electron chi connectivity index (χ1n) is 5.33. The van der Waals surface area contributed by atoms with Crippen LogP contribution >= 0.6 is 11.6 Å². The molecule has 0 unspecified atom stereocenters. The van der Waals surface area contributed by atoms with E-state index in [1.54, 1.807) is 18.2 Å². The Morgan fingerprint density at radius 3 is 2.89 bits per heavy atom. The predicted molar refractivity (Wildman–Crippen MR) is 67.2 cm³/mol. The Balaban J connectivity index is 2.47. The van der Waals surface area contributed by atoms with Crippen molar-refractivity contribution in [3.05, 3.63) is 35.0 Å². The summed E-state index contributed by atoms with van der Waals surface area (Å²) >= 11 is 5.93. The van der Waals surface area contributed by atoms with Gasteiger partial charge in [-0.25, -0.2) is 4.79 Å². The molecule has 2 rings (SSSR count). The molecule has 0 radical (unpaired) electrons. The fourth-order valence-corrected chi connectivity index (χ4v) is 1.73. The number of aromatic amines is 1. The van der Waals surface area contributed by atoms with Gasteiger partial charge >= 0.3 is 5.97 Å². The number of ether oxygens (including phenoxy) is 1. The van der Waals surface area contributed by atoms with E-state index in [-0.39, 0.29) is 5.69 Å². The Kier molecular flexibility index (Phi) is 3.53. The van der Waals surface area contributed by atoms with Crippen molar-refractivity contribution in [3.8, 4) is 17.0 Å². The molecule has 5 nitrogen and oxygen atoms in total. The number of carboxylic acids is 1. The first-order valence-corrected chi connectivity index (χ1v) is 5.71. The van der Waals surface area contributed by atoms with E-state index in [2.05, 4.69) is 10.2 Å². The molecule has 0 saturated heterocycles. The average molecular weight is 267 g/mol.